The molecule has 20 heavy (non-hydrogen) atoms. The molecule has 1 unspecified atom stereocenters. The molecular formula is C13H19ClN4O2. The Balaban J connectivity index is 2.05. The number of amides is 1. The maximum Gasteiger partial charge on any atom is 0.271 e. The Morgan fingerprint density at radius 3 is 2.90 bits per heavy atom. The second-order valence-corrected chi connectivity index (χ2v) is 5.36. The predicted octanol–water partition coefficient (Wildman–Crippen LogP) is 1.23. The number of hydrogen-bond donors (Lipinski definition) is 2. The Kier molecular flexibility index (Phi) is 5.14. The minimum absolute atomic E-state index is 0.189. The van der Waals surface area contributed by atoms with Crippen molar-refractivity contribution in [2.75, 3.05) is 24.5 Å². The van der Waals surface area contributed by atoms with Gasteiger partial charge in [-0.15, -0.1) is 0 Å². The van der Waals surface area contributed by atoms with Crippen molar-refractivity contribution in [2.45, 2.75) is 32.3 Å². The number of hydrogen-bond acceptors (Lipinski definition) is 5. The third-order valence-electron chi connectivity index (χ3n) is 3.18. The molecule has 0 spiro atoms. The summed E-state index contributed by atoms with van der Waals surface area (Å²) in [5.74, 6) is 0.214. The first kappa shape index (κ1) is 15.0. The number of aliphatic hydroxyl groups excluding tert-OH is 1. The van der Waals surface area contributed by atoms with E-state index in [-0.39, 0.29) is 16.6 Å². The lowest BCUT2D eigenvalue weighted by Gasteiger charge is -2.16. The Labute approximate surface area is 123 Å². The molecular weight excluding hydrogens is 280 g/mol. The Hall–Kier alpha value is -1.40. The average Bonchev–Trinajstić information content (AvgIpc) is 2.92. The first-order valence-corrected chi connectivity index (χ1v) is 7.19. The molecule has 7 heteroatoms. The standard InChI is InChI=1S/C13H19ClN4O2/c1-9(19)4-5-15-12(20)11-10(14)8-16-13(17-11)18-6-2-3-7-18/h8-9,19H,2-7H2,1H3,(H,15,20). The lowest BCUT2D eigenvalue weighted by molar-refractivity contribution is 0.0940. The number of rotatable bonds is 5. The molecule has 0 aliphatic carbocycles. The molecule has 1 amide bonds. The van der Waals surface area contributed by atoms with Crippen LogP contribution < -0.4 is 10.2 Å². The zero-order valence-corrected chi connectivity index (χ0v) is 12.2. The van der Waals surface area contributed by atoms with E-state index in [1.165, 1.54) is 6.20 Å². The van der Waals surface area contributed by atoms with Gasteiger partial charge in [-0.25, -0.2) is 9.97 Å². The summed E-state index contributed by atoms with van der Waals surface area (Å²) in [6, 6.07) is 0. The molecule has 1 fully saturated rings. The van der Waals surface area contributed by atoms with Crippen molar-refractivity contribution < 1.29 is 9.90 Å². The molecule has 0 saturated carbocycles. The minimum Gasteiger partial charge on any atom is -0.393 e. The van der Waals surface area contributed by atoms with Crippen molar-refractivity contribution in [3.63, 3.8) is 0 Å². The number of anilines is 1. The molecule has 2 rings (SSSR count). The van der Waals surface area contributed by atoms with E-state index in [9.17, 15) is 4.79 Å². The van der Waals surface area contributed by atoms with Gasteiger partial charge in [0.15, 0.2) is 5.69 Å². The summed E-state index contributed by atoms with van der Waals surface area (Å²) in [6.45, 7) is 3.88. The molecule has 0 bridgehead atoms. The summed E-state index contributed by atoms with van der Waals surface area (Å²) in [5, 5.41) is 12.1. The van der Waals surface area contributed by atoms with Crippen molar-refractivity contribution in [1.29, 1.82) is 0 Å². The average molecular weight is 299 g/mol. The van der Waals surface area contributed by atoms with Gasteiger partial charge in [0, 0.05) is 19.6 Å². The fourth-order valence-corrected chi connectivity index (χ4v) is 2.24. The van der Waals surface area contributed by atoms with Crippen molar-refractivity contribution >= 4 is 23.5 Å². The topological polar surface area (TPSA) is 78.3 Å². The van der Waals surface area contributed by atoms with Gasteiger partial charge < -0.3 is 15.3 Å². The van der Waals surface area contributed by atoms with Crippen LogP contribution in [0.4, 0.5) is 5.95 Å². The number of aromatic nitrogens is 2. The third kappa shape index (κ3) is 3.80. The zero-order valence-electron chi connectivity index (χ0n) is 11.5. The van der Waals surface area contributed by atoms with E-state index in [0.29, 0.717) is 18.9 Å². The largest absolute Gasteiger partial charge is 0.393 e. The van der Waals surface area contributed by atoms with Gasteiger partial charge in [0.25, 0.3) is 5.91 Å². The van der Waals surface area contributed by atoms with Crippen LogP contribution in [-0.2, 0) is 0 Å². The van der Waals surface area contributed by atoms with Crippen LogP contribution in [0, 0.1) is 0 Å². The Bertz CT molecular complexity index is 475. The maximum absolute atomic E-state index is 12.0. The highest BCUT2D eigenvalue weighted by Crippen LogP contribution is 2.19. The molecule has 110 valence electrons. The van der Waals surface area contributed by atoms with E-state index in [1.54, 1.807) is 6.92 Å². The number of halogens is 1. The molecule has 6 nitrogen and oxygen atoms in total. The zero-order chi connectivity index (χ0) is 14.5. The van der Waals surface area contributed by atoms with Crippen LogP contribution in [0.5, 0.6) is 0 Å². The second kappa shape index (κ2) is 6.85. The fourth-order valence-electron chi connectivity index (χ4n) is 2.06. The van der Waals surface area contributed by atoms with Crippen molar-refractivity contribution in [3.05, 3.63) is 16.9 Å². The summed E-state index contributed by atoms with van der Waals surface area (Å²) in [4.78, 5) is 22.5. The minimum atomic E-state index is -0.448. The van der Waals surface area contributed by atoms with Crippen molar-refractivity contribution in [3.8, 4) is 0 Å². The van der Waals surface area contributed by atoms with E-state index in [2.05, 4.69) is 15.3 Å². The smallest absolute Gasteiger partial charge is 0.271 e. The van der Waals surface area contributed by atoms with Crippen LogP contribution in [0.1, 0.15) is 36.7 Å². The molecule has 1 aromatic rings. The molecule has 1 aliphatic rings. The normalized spacial score (nSPS) is 16.2. The lowest BCUT2D eigenvalue weighted by atomic mass is 10.3. The highest BCUT2D eigenvalue weighted by atomic mass is 35.5. The summed E-state index contributed by atoms with van der Waals surface area (Å²) in [6.07, 6.45) is 3.74. The number of aliphatic hydroxyl groups is 1. The highest BCUT2D eigenvalue weighted by Gasteiger charge is 2.19. The highest BCUT2D eigenvalue weighted by molar-refractivity contribution is 6.33. The molecule has 1 atom stereocenters. The first-order valence-electron chi connectivity index (χ1n) is 6.81. The second-order valence-electron chi connectivity index (χ2n) is 4.95. The van der Waals surface area contributed by atoms with E-state index < -0.39 is 6.10 Å². The lowest BCUT2D eigenvalue weighted by Crippen LogP contribution is -2.29. The van der Waals surface area contributed by atoms with Gasteiger partial charge in [-0.2, -0.15) is 0 Å². The van der Waals surface area contributed by atoms with E-state index in [1.807, 2.05) is 4.90 Å². The number of carbonyl (C=O) groups excluding carboxylic acids is 1. The van der Waals surface area contributed by atoms with Crippen molar-refractivity contribution in [1.82, 2.24) is 15.3 Å². The SMILES string of the molecule is CC(O)CCNC(=O)c1nc(N2CCCC2)ncc1Cl. The predicted molar refractivity (Wildman–Crippen MR) is 77.1 cm³/mol. The molecule has 0 radical (unpaired) electrons. The van der Waals surface area contributed by atoms with E-state index >= 15 is 0 Å². The quantitative estimate of drug-likeness (QED) is 0.855. The summed E-state index contributed by atoms with van der Waals surface area (Å²) in [5.41, 5.74) is 0.189. The van der Waals surface area contributed by atoms with Crippen LogP contribution in [0.15, 0.2) is 6.20 Å². The number of carbonyl (C=O) groups is 1. The van der Waals surface area contributed by atoms with E-state index in [0.717, 1.165) is 25.9 Å². The molecule has 0 aromatic carbocycles. The summed E-state index contributed by atoms with van der Waals surface area (Å²) < 4.78 is 0. The Morgan fingerprint density at radius 1 is 1.55 bits per heavy atom. The molecule has 1 aromatic heterocycles. The monoisotopic (exact) mass is 298 g/mol. The third-order valence-corrected chi connectivity index (χ3v) is 3.46. The van der Waals surface area contributed by atoms with Crippen LogP contribution in [0.25, 0.3) is 0 Å². The van der Waals surface area contributed by atoms with Crippen LogP contribution in [0.2, 0.25) is 5.02 Å². The molecule has 1 aliphatic heterocycles. The molecule has 1 saturated heterocycles. The van der Waals surface area contributed by atoms with Crippen LogP contribution in [-0.4, -0.2) is 46.7 Å². The van der Waals surface area contributed by atoms with Gasteiger partial charge in [-0.3, -0.25) is 4.79 Å². The van der Waals surface area contributed by atoms with Gasteiger partial charge in [0.1, 0.15) is 0 Å². The van der Waals surface area contributed by atoms with Gasteiger partial charge in [-0.1, -0.05) is 11.6 Å². The fraction of sp³-hybridized carbons (Fsp3) is 0.615. The first-order chi connectivity index (χ1) is 9.58. The molecule has 2 heterocycles. The Morgan fingerprint density at radius 2 is 2.25 bits per heavy atom. The van der Waals surface area contributed by atoms with Crippen molar-refractivity contribution in [2.24, 2.45) is 0 Å². The van der Waals surface area contributed by atoms with Crippen LogP contribution in [0.3, 0.4) is 0 Å². The maximum atomic E-state index is 12.0. The number of nitrogens with one attached hydrogen (secondary N) is 1. The molecule has 2 N–H and O–H groups in total. The van der Waals surface area contributed by atoms with E-state index in [4.69, 9.17) is 16.7 Å². The van der Waals surface area contributed by atoms with Gasteiger partial charge >= 0.3 is 0 Å². The summed E-state index contributed by atoms with van der Waals surface area (Å²) >= 11 is 5.99. The summed E-state index contributed by atoms with van der Waals surface area (Å²) in [7, 11) is 0. The van der Waals surface area contributed by atoms with Gasteiger partial charge in [-0.05, 0) is 26.2 Å². The van der Waals surface area contributed by atoms with Gasteiger partial charge in [0.2, 0.25) is 5.95 Å². The number of nitrogens with zero attached hydrogens (tertiary/aromatic N) is 3. The van der Waals surface area contributed by atoms with Gasteiger partial charge in [0.05, 0.1) is 17.3 Å². The van der Waals surface area contributed by atoms with Crippen LogP contribution >= 0.6 is 11.6 Å².